The topological polar surface area (TPSA) is 18.5 Å². The molecule has 2 rings (SSSR count). The van der Waals surface area contributed by atoms with Gasteiger partial charge in [0.2, 0.25) is 0 Å². The molecule has 0 aliphatic carbocycles. The summed E-state index contributed by atoms with van der Waals surface area (Å²) in [7, 11) is 2.27. The maximum absolute atomic E-state index is 3.55. The van der Waals surface area contributed by atoms with Gasteiger partial charge in [-0.05, 0) is 32.4 Å². The summed E-state index contributed by atoms with van der Waals surface area (Å²) in [5.41, 5.74) is 0. The average Bonchev–Trinajstić information content (AvgIpc) is 2.31. The van der Waals surface area contributed by atoms with Crippen LogP contribution in [-0.2, 0) is 0 Å². The zero-order valence-electron chi connectivity index (χ0n) is 11.1. The number of hydrogen-bond acceptors (Lipinski definition) is 3. The molecule has 0 aromatic carbocycles. The summed E-state index contributed by atoms with van der Waals surface area (Å²) in [6, 6.07) is 1.54. The van der Waals surface area contributed by atoms with E-state index in [-0.39, 0.29) is 0 Å². The predicted molar refractivity (Wildman–Crippen MR) is 68.7 cm³/mol. The Morgan fingerprint density at radius 1 is 1.31 bits per heavy atom. The van der Waals surface area contributed by atoms with Crippen molar-refractivity contribution in [1.82, 2.24) is 15.1 Å². The van der Waals surface area contributed by atoms with Crippen LogP contribution in [0.5, 0.6) is 0 Å². The van der Waals surface area contributed by atoms with Crippen LogP contribution in [0.3, 0.4) is 0 Å². The Labute approximate surface area is 100 Å². The molecule has 0 amide bonds. The Balaban J connectivity index is 1.93. The monoisotopic (exact) mass is 225 g/mol. The Kier molecular flexibility index (Phi) is 4.22. The minimum absolute atomic E-state index is 0.767. The number of nitrogens with one attached hydrogen (secondary N) is 1. The first-order valence-electron chi connectivity index (χ1n) is 6.87. The van der Waals surface area contributed by atoms with Crippen LogP contribution < -0.4 is 5.32 Å². The molecule has 0 saturated carbocycles. The molecule has 16 heavy (non-hydrogen) atoms. The highest BCUT2D eigenvalue weighted by molar-refractivity contribution is 4.89. The summed E-state index contributed by atoms with van der Waals surface area (Å²) in [5, 5.41) is 3.55. The fraction of sp³-hybridized carbons (Fsp3) is 1.00. The number of piperidine rings is 1. The first kappa shape index (κ1) is 12.3. The number of rotatable bonds is 2. The van der Waals surface area contributed by atoms with Crippen LogP contribution in [0.15, 0.2) is 0 Å². The molecule has 0 spiro atoms. The van der Waals surface area contributed by atoms with Gasteiger partial charge in [0.15, 0.2) is 0 Å². The third kappa shape index (κ3) is 2.58. The minimum Gasteiger partial charge on any atom is -0.315 e. The van der Waals surface area contributed by atoms with Crippen LogP contribution in [0, 0.1) is 5.92 Å². The van der Waals surface area contributed by atoms with Crippen molar-refractivity contribution in [2.75, 3.05) is 39.8 Å². The van der Waals surface area contributed by atoms with E-state index < -0.39 is 0 Å². The summed E-state index contributed by atoms with van der Waals surface area (Å²) >= 11 is 0. The highest BCUT2D eigenvalue weighted by Crippen LogP contribution is 2.21. The van der Waals surface area contributed by atoms with Gasteiger partial charge in [0.05, 0.1) is 0 Å². The van der Waals surface area contributed by atoms with E-state index in [1.54, 1.807) is 0 Å². The van der Waals surface area contributed by atoms with E-state index in [0.29, 0.717) is 0 Å². The normalized spacial score (nSPS) is 38.8. The smallest absolute Gasteiger partial charge is 0.0247 e. The standard InChI is InChI=1S/C13H27N3/c1-4-12-10-16(8-7-15(12)3)13-9-14-6-5-11(13)2/h11-14H,4-10H2,1-3H3. The zero-order valence-corrected chi connectivity index (χ0v) is 11.1. The molecule has 3 nitrogen and oxygen atoms in total. The van der Waals surface area contributed by atoms with Gasteiger partial charge < -0.3 is 10.2 Å². The lowest BCUT2D eigenvalue weighted by Gasteiger charge is -2.46. The van der Waals surface area contributed by atoms with E-state index in [1.807, 2.05) is 0 Å². The highest BCUT2D eigenvalue weighted by Gasteiger charge is 2.31. The largest absolute Gasteiger partial charge is 0.315 e. The Hall–Kier alpha value is -0.120. The van der Waals surface area contributed by atoms with E-state index in [0.717, 1.165) is 18.0 Å². The summed E-state index contributed by atoms with van der Waals surface area (Å²) in [4.78, 5) is 5.25. The quantitative estimate of drug-likeness (QED) is 0.757. The Morgan fingerprint density at radius 2 is 2.12 bits per heavy atom. The molecule has 0 radical (unpaired) electrons. The van der Waals surface area contributed by atoms with E-state index in [2.05, 4.69) is 36.0 Å². The van der Waals surface area contributed by atoms with Crippen molar-refractivity contribution < 1.29 is 0 Å². The number of nitrogens with zero attached hydrogens (tertiary/aromatic N) is 2. The van der Waals surface area contributed by atoms with Crippen molar-refractivity contribution in [3.8, 4) is 0 Å². The molecule has 2 heterocycles. The SMILES string of the molecule is CCC1CN(C2CNCCC2C)CCN1C. The number of hydrogen-bond donors (Lipinski definition) is 1. The average molecular weight is 225 g/mol. The molecule has 2 aliphatic rings. The van der Waals surface area contributed by atoms with Crippen molar-refractivity contribution >= 4 is 0 Å². The van der Waals surface area contributed by atoms with Gasteiger partial charge in [-0.25, -0.2) is 0 Å². The fourth-order valence-electron chi connectivity index (χ4n) is 3.17. The second-order valence-corrected chi connectivity index (χ2v) is 5.58. The van der Waals surface area contributed by atoms with Crippen molar-refractivity contribution in [2.45, 2.75) is 38.8 Å². The summed E-state index contributed by atoms with van der Waals surface area (Å²) in [5.74, 6) is 0.863. The van der Waals surface area contributed by atoms with Gasteiger partial charge in [-0.15, -0.1) is 0 Å². The van der Waals surface area contributed by atoms with Gasteiger partial charge in [-0.3, -0.25) is 4.90 Å². The molecular formula is C13H27N3. The predicted octanol–water partition coefficient (Wildman–Crippen LogP) is 1.01. The summed E-state index contributed by atoms with van der Waals surface area (Å²) in [6.45, 7) is 10.9. The van der Waals surface area contributed by atoms with E-state index in [9.17, 15) is 0 Å². The molecule has 0 bridgehead atoms. The molecule has 0 aromatic rings. The van der Waals surface area contributed by atoms with Gasteiger partial charge in [0.1, 0.15) is 0 Å². The van der Waals surface area contributed by atoms with Crippen LogP contribution >= 0.6 is 0 Å². The van der Waals surface area contributed by atoms with Gasteiger partial charge in [0, 0.05) is 38.3 Å². The molecule has 94 valence electrons. The number of piperazine rings is 1. The second-order valence-electron chi connectivity index (χ2n) is 5.58. The minimum atomic E-state index is 0.767. The molecule has 2 saturated heterocycles. The van der Waals surface area contributed by atoms with Gasteiger partial charge in [-0.2, -0.15) is 0 Å². The Bertz CT molecular complexity index is 219. The van der Waals surface area contributed by atoms with E-state index >= 15 is 0 Å². The zero-order chi connectivity index (χ0) is 11.5. The van der Waals surface area contributed by atoms with E-state index in [1.165, 1.54) is 45.6 Å². The van der Waals surface area contributed by atoms with Crippen molar-refractivity contribution in [2.24, 2.45) is 5.92 Å². The molecular weight excluding hydrogens is 198 g/mol. The Morgan fingerprint density at radius 3 is 2.81 bits per heavy atom. The van der Waals surface area contributed by atoms with Crippen molar-refractivity contribution in [3.63, 3.8) is 0 Å². The summed E-state index contributed by atoms with van der Waals surface area (Å²) in [6.07, 6.45) is 2.62. The van der Waals surface area contributed by atoms with Crippen molar-refractivity contribution in [3.05, 3.63) is 0 Å². The molecule has 3 unspecified atom stereocenters. The third-order valence-corrected chi connectivity index (χ3v) is 4.54. The van der Waals surface area contributed by atoms with Crippen LogP contribution in [0.4, 0.5) is 0 Å². The van der Waals surface area contributed by atoms with E-state index in [4.69, 9.17) is 0 Å². The molecule has 0 aromatic heterocycles. The molecule has 3 heteroatoms. The fourth-order valence-corrected chi connectivity index (χ4v) is 3.17. The molecule has 2 fully saturated rings. The molecule has 1 N–H and O–H groups in total. The lowest BCUT2D eigenvalue weighted by atomic mass is 9.92. The van der Waals surface area contributed by atoms with Crippen LogP contribution in [0.2, 0.25) is 0 Å². The first-order chi connectivity index (χ1) is 7.72. The highest BCUT2D eigenvalue weighted by atomic mass is 15.3. The molecule has 3 atom stereocenters. The van der Waals surface area contributed by atoms with Gasteiger partial charge >= 0.3 is 0 Å². The van der Waals surface area contributed by atoms with Gasteiger partial charge in [0.25, 0.3) is 0 Å². The van der Waals surface area contributed by atoms with Crippen LogP contribution in [-0.4, -0.2) is 61.7 Å². The van der Waals surface area contributed by atoms with Crippen LogP contribution in [0.25, 0.3) is 0 Å². The number of likely N-dealkylation sites (N-methyl/N-ethyl adjacent to an activating group) is 1. The first-order valence-corrected chi connectivity index (χ1v) is 6.87. The van der Waals surface area contributed by atoms with Gasteiger partial charge in [-0.1, -0.05) is 13.8 Å². The molecule has 2 aliphatic heterocycles. The maximum Gasteiger partial charge on any atom is 0.0247 e. The summed E-state index contributed by atoms with van der Waals surface area (Å²) < 4.78 is 0. The maximum atomic E-state index is 3.55. The lowest BCUT2D eigenvalue weighted by Crippen LogP contribution is -2.59. The lowest BCUT2D eigenvalue weighted by molar-refractivity contribution is 0.0352. The van der Waals surface area contributed by atoms with Crippen molar-refractivity contribution in [1.29, 1.82) is 0 Å². The second kappa shape index (κ2) is 5.48. The third-order valence-electron chi connectivity index (χ3n) is 4.54. The van der Waals surface area contributed by atoms with Crippen LogP contribution in [0.1, 0.15) is 26.7 Å².